The third-order valence-corrected chi connectivity index (χ3v) is 2.64. The number of carbonyl (C=O) groups is 3. The fourth-order valence-corrected chi connectivity index (χ4v) is 1.46. The Bertz CT molecular complexity index is 387. The summed E-state index contributed by atoms with van der Waals surface area (Å²) in [5.74, 6) is -1.85. The Balaban J connectivity index is 4.53. The van der Waals surface area contributed by atoms with Gasteiger partial charge in [0.15, 0.2) is 6.10 Å². The van der Waals surface area contributed by atoms with Crippen LogP contribution in [0.1, 0.15) is 6.92 Å². The highest BCUT2D eigenvalue weighted by Crippen LogP contribution is 2.01. The van der Waals surface area contributed by atoms with Crippen molar-refractivity contribution in [1.82, 2.24) is 4.90 Å². The average molecular weight is 317 g/mol. The molecule has 0 saturated carbocycles. The summed E-state index contributed by atoms with van der Waals surface area (Å²) in [6, 6.07) is 0. The van der Waals surface area contributed by atoms with E-state index in [1.54, 1.807) is 0 Å². The zero-order valence-electron chi connectivity index (χ0n) is 13.4. The Hall–Kier alpha value is -1.93. The maximum Gasteiger partial charge on any atom is 0.331 e. The van der Waals surface area contributed by atoms with E-state index in [1.165, 1.54) is 33.2 Å². The van der Waals surface area contributed by atoms with E-state index in [4.69, 9.17) is 14.2 Å². The molecule has 0 aliphatic carbocycles. The topological polar surface area (TPSA) is 91.4 Å². The number of methoxy groups -OCH3 is 3. The minimum absolute atomic E-state index is 0.359. The van der Waals surface area contributed by atoms with E-state index < -0.39 is 18.0 Å². The Labute approximate surface area is 129 Å². The fourth-order valence-electron chi connectivity index (χ4n) is 1.46. The number of esters is 2. The molecule has 8 heteroatoms. The molecule has 0 bridgehead atoms. The van der Waals surface area contributed by atoms with Gasteiger partial charge in [0.25, 0.3) is 5.91 Å². The number of nitrogens with zero attached hydrogens (tertiary/aromatic N) is 1. The zero-order chi connectivity index (χ0) is 17.0. The third-order valence-electron chi connectivity index (χ3n) is 2.64. The van der Waals surface area contributed by atoms with Crippen LogP contribution in [0.5, 0.6) is 0 Å². The summed E-state index contributed by atoms with van der Waals surface area (Å²) >= 11 is 0. The van der Waals surface area contributed by atoms with Gasteiger partial charge in [-0.15, -0.1) is 0 Å². The lowest BCUT2D eigenvalue weighted by molar-refractivity contribution is -0.156. The van der Waals surface area contributed by atoms with Crippen LogP contribution >= 0.6 is 0 Å². The molecule has 8 nitrogen and oxygen atoms in total. The van der Waals surface area contributed by atoms with Crippen LogP contribution in [0.4, 0.5) is 0 Å². The quantitative estimate of drug-likeness (QED) is 0.406. The molecular weight excluding hydrogens is 294 g/mol. The van der Waals surface area contributed by atoms with Crippen LogP contribution in [0.15, 0.2) is 12.2 Å². The van der Waals surface area contributed by atoms with Gasteiger partial charge in [-0.05, 0) is 6.92 Å². The number of hydrogen-bond donors (Lipinski definition) is 0. The monoisotopic (exact) mass is 317 g/mol. The average Bonchev–Trinajstić information content (AvgIpc) is 2.51. The molecule has 0 aromatic rings. The van der Waals surface area contributed by atoms with Crippen LogP contribution < -0.4 is 0 Å². The van der Waals surface area contributed by atoms with E-state index in [1.807, 2.05) is 0 Å². The molecular formula is C14H23NO7. The summed E-state index contributed by atoms with van der Waals surface area (Å²) in [5, 5.41) is 0. The van der Waals surface area contributed by atoms with Crippen LogP contribution in [0.3, 0.4) is 0 Å². The SMILES string of the molecule is COCCN(CCOC)C(=O)[C@H](C)OC(=O)/C=C/C(=O)OC. The minimum Gasteiger partial charge on any atom is -0.466 e. The molecule has 0 aromatic heterocycles. The lowest BCUT2D eigenvalue weighted by Crippen LogP contribution is -2.43. The standard InChI is InChI=1S/C14H23NO7/c1-11(22-13(17)6-5-12(16)21-4)14(18)15(7-9-19-2)8-10-20-3/h5-6,11H,7-10H2,1-4H3/b6-5+/t11-/m0/s1. The van der Waals surface area contributed by atoms with Gasteiger partial charge in [-0.2, -0.15) is 0 Å². The van der Waals surface area contributed by atoms with Crippen LogP contribution in [0.2, 0.25) is 0 Å². The molecule has 0 N–H and O–H groups in total. The first kappa shape index (κ1) is 20.1. The maximum atomic E-state index is 12.2. The molecule has 0 fully saturated rings. The van der Waals surface area contributed by atoms with Gasteiger partial charge in [-0.25, -0.2) is 9.59 Å². The van der Waals surface area contributed by atoms with E-state index >= 15 is 0 Å². The van der Waals surface area contributed by atoms with Gasteiger partial charge in [0.05, 0.1) is 20.3 Å². The van der Waals surface area contributed by atoms with Crippen molar-refractivity contribution in [1.29, 1.82) is 0 Å². The summed E-state index contributed by atoms with van der Waals surface area (Å²) in [6.45, 7) is 2.90. The van der Waals surface area contributed by atoms with Crippen molar-refractivity contribution >= 4 is 17.8 Å². The molecule has 0 rings (SSSR count). The summed E-state index contributed by atoms with van der Waals surface area (Å²) in [5.41, 5.74) is 0. The van der Waals surface area contributed by atoms with Crippen LogP contribution in [-0.2, 0) is 33.3 Å². The number of rotatable bonds is 10. The maximum absolute atomic E-state index is 12.2. The summed E-state index contributed by atoms with van der Waals surface area (Å²) in [4.78, 5) is 36.0. The van der Waals surface area contributed by atoms with Gasteiger partial charge in [0, 0.05) is 39.5 Å². The molecule has 1 amide bonds. The van der Waals surface area contributed by atoms with E-state index in [2.05, 4.69) is 4.74 Å². The fraction of sp³-hybridized carbons (Fsp3) is 0.643. The Morgan fingerprint density at radius 3 is 1.91 bits per heavy atom. The van der Waals surface area contributed by atoms with Gasteiger partial charge >= 0.3 is 11.9 Å². The predicted octanol–water partition coefficient (Wildman–Crippen LogP) is -0.231. The summed E-state index contributed by atoms with van der Waals surface area (Å²) < 4.78 is 19.2. The van der Waals surface area contributed by atoms with E-state index in [-0.39, 0.29) is 5.91 Å². The van der Waals surface area contributed by atoms with Crippen molar-refractivity contribution in [2.75, 3.05) is 47.6 Å². The second-order valence-electron chi connectivity index (χ2n) is 4.25. The molecule has 22 heavy (non-hydrogen) atoms. The molecule has 0 aromatic carbocycles. The predicted molar refractivity (Wildman–Crippen MR) is 77.0 cm³/mol. The molecule has 1 atom stereocenters. The normalized spacial score (nSPS) is 12.0. The minimum atomic E-state index is -0.983. The molecule has 0 spiro atoms. The number of ether oxygens (including phenoxy) is 4. The van der Waals surface area contributed by atoms with Gasteiger partial charge in [-0.3, -0.25) is 4.79 Å². The van der Waals surface area contributed by atoms with Crippen LogP contribution in [0, 0.1) is 0 Å². The van der Waals surface area contributed by atoms with Crippen molar-refractivity contribution in [3.05, 3.63) is 12.2 Å². The van der Waals surface area contributed by atoms with Crippen LogP contribution in [-0.4, -0.2) is 76.5 Å². The van der Waals surface area contributed by atoms with E-state index in [0.717, 1.165) is 12.2 Å². The van der Waals surface area contributed by atoms with Crippen LogP contribution in [0.25, 0.3) is 0 Å². The Morgan fingerprint density at radius 1 is 0.955 bits per heavy atom. The van der Waals surface area contributed by atoms with Crippen molar-refractivity contribution < 1.29 is 33.3 Å². The summed E-state index contributed by atoms with van der Waals surface area (Å²) in [7, 11) is 4.24. The molecule has 0 heterocycles. The molecule has 0 aliphatic rings. The molecule has 0 aliphatic heterocycles. The highest BCUT2D eigenvalue weighted by Gasteiger charge is 2.23. The lowest BCUT2D eigenvalue weighted by atomic mass is 10.3. The number of carbonyl (C=O) groups excluding carboxylic acids is 3. The molecule has 0 radical (unpaired) electrons. The van der Waals surface area contributed by atoms with Gasteiger partial charge < -0.3 is 23.8 Å². The highest BCUT2D eigenvalue weighted by atomic mass is 16.5. The van der Waals surface area contributed by atoms with E-state index in [9.17, 15) is 14.4 Å². The van der Waals surface area contributed by atoms with Gasteiger partial charge in [0.1, 0.15) is 0 Å². The first-order valence-corrected chi connectivity index (χ1v) is 6.69. The highest BCUT2D eigenvalue weighted by molar-refractivity contribution is 5.93. The molecule has 126 valence electrons. The van der Waals surface area contributed by atoms with Crippen molar-refractivity contribution in [2.24, 2.45) is 0 Å². The van der Waals surface area contributed by atoms with Crippen molar-refractivity contribution in [3.8, 4) is 0 Å². The molecule has 0 saturated heterocycles. The second kappa shape index (κ2) is 11.7. The smallest absolute Gasteiger partial charge is 0.331 e. The second-order valence-corrected chi connectivity index (χ2v) is 4.25. The zero-order valence-corrected chi connectivity index (χ0v) is 13.4. The van der Waals surface area contributed by atoms with Gasteiger partial charge in [-0.1, -0.05) is 0 Å². The first-order chi connectivity index (χ1) is 10.5. The van der Waals surface area contributed by atoms with Crippen molar-refractivity contribution in [3.63, 3.8) is 0 Å². The summed E-state index contributed by atoms with van der Waals surface area (Å²) in [6.07, 6.45) is 0.848. The largest absolute Gasteiger partial charge is 0.466 e. The Morgan fingerprint density at radius 2 is 1.45 bits per heavy atom. The van der Waals surface area contributed by atoms with Crippen molar-refractivity contribution in [2.45, 2.75) is 13.0 Å². The number of hydrogen-bond acceptors (Lipinski definition) is 7. The molecule has 0 unspecified atom stereocenters. The Kier molecular flexibility index (Phi) is 10.7. The van der Waals surface area contributed by atoms with Gasteiger partial charge in [0.2, 0.25) is 0 Å². The third kappa shape index (κ3) is 8.38. The first-order valence-electron chi connectivity index (χ1n) is 6.69. The number of amides is 1. The van der Waals surface area contributed by atoms with E-state index in [0.29, 0.717) is 26.3 Å². The lowest BCUT2D eigenvalue weighted by Gasteiger charge is -2.24.